The summed E-state index contributed by atoms with van der Waals surface area (Å²) in [6, 6.07) is 3.81. The van der Waals surface area contributed by atoms with Gasteiger partial charge in [-0.25, -0.2) is 13.1 Å². The summed E-state index contributed by atoms with van der Waals surface area (Å²) in [7, 11) is -3.64. The van der Waals surface area contributed by atoms with E-state index in [1.54, 1.807) is 13.0 Å². The highest BCUT2D eigenvalue weighted by Crippen LogP contribution is 2.38. The molecule has 0 spiro atoms. The van der Waals surface area contributed by atoms with Crippen molar-refractivity contribution in [3.05, 3.63) is 29.0 Å². The number of aromatic nitrogens is 1. The fraction of sp³-hybridized carbons (Fsp3) is 0.609. The van der Waals surface area contributed by atoms with E-state index >= 15 is 0 Å². The highest BCUT2D eigenvalue weighted by atomic mass is 32.2. The summed E-state index contributed by atoms with van der Waals surface area (Å²) >= 11 is 0. The number of ketones is 1. The van der Waals surface area contributed by atoms with Crippen LogP contribution in [0.3, 0.4) is 0 Å². The van der Waals surface area contributed by atoms with Gasteiger partial charge in [-0.2, -0.15) is 0 Å². The normalized spacial score (nSPS) is 20.7. The summed E-state index contributed by atoms with van der Waals surface area (Å²) in [5, 5.41) is 0.827. The average molecular weight is 448 g/mol. The van der Waals surface area contributed by atoms with E-state index < -0.39 is 10.0 Å². The predicted octanol–water partition coefficient (Wildman–Crippen LogP) is 3.02. The molecule has 170 valence electrons. The van der Waals surface area contributed by atoms with E-state index in [1.807, 2.05) is 6.07 Å². The zero-order valence-electron chi connectivity index (χ0n) is 18.9. The Morgan fingerprint density at radius 3 is 2.65 bits per heavy atom. The molecule has 1 saturated heterocycles. The van der Waals surface area contributed by atoms with Crippen LogP contribution in [0.2, 0.25) is 0 Å². The molecule has 1 fully saturated rings. The summed E-state index contributed by atoms with van der Waals surface area (Å²) in [4.78, 5) is 18.7. The van der Waals surface area contributed by atoms with Gasteiger partial charge in [0, 0.05) is 54.3 Å². The van der Waals surface area contributed by atoms with Crippen molar-refractivity contribution in [3.8, 4) is 0 Å². The molecule has 2 aromatic rings. The Labute approximate surface area is 184 Å². The molecule has 0 amide bonds. The van der Waals surface area contributed by atoms with E-state index in [1.165, 1.54) is 0 Å². The number of aryl methyl sites for hydroxylation is 1. The Morgan fingerprint density at radius 1 is 1.23 bits per heavy atom. The molecule has 31 heavy (non-hydrogen) atoms. The molecule has 4 rings (SSSR count). The van der Waals surface area contributed by atoms with Gasteiger partial charge >= 0.3 is 0 Å². The van der Waals surface area contributed by atoms with Gasteiger partial charge in [-0.15, -0.1) is 0 Å². The van der Waals surface area contributed by atoms with Crippen LogP contribution in [0.1, 0.15) is 55.2 Å². The summed E-state index contributed by atoms with van der Waals surface area (Å²) in [6.45, 7) is 11.7. The zero-order chi connectivity index (χ0) is 22.4. The van der Waals surface area contributed by atoms with Crippen LogP contribution in [0.25, 0.3) is 10.9 Å². The molecule has 1 atom stereocenters. The van der Waals surface area contributed by atoms with Gasteiger partial charge in [0.1, 0.15) is 0 Å². The maximum absolute atomic E-state index is 13.0. The molecule has 1 aliphatic carbocycles. The van der Waals surface area contributed by atoms with E-state index in [4.69, 9.17) is 4.74 Å². The highest BCUT2D eigenvalue weighted by molar-refractivity contribution is 7.89. The lowest BCUT2D eigenvalue weighted by Gasteiger charge is -2.32. The van der Waals surface area contributed by atoms with E-state index in [0.29, 0.717) is 30.1 Å². The van der Waals surface area contributed by atoms with Crippen molar-refractivity contribution < 1.29 is 17.9 Å². The minimum absolute atomic E-state index is 0.0896. The molecule has 2 aliphatic rings. The number of benzene rings is 1. The zero-order valence-corrected chi connectivity index (χ0v) is 19.7. The lowest BCUT2D eigenvalue weighted by molar-refractivity contribution is 0.0190. The first-order valence-electron chi connectivity index (χ1n) is 11.1. The fourth-order valence-electron chi connectivity index (χ4n) is 4.87. The van der Waals surface area contributed by atoms with Gasteiger partial charge in [0.25, 0.3) is 0 Å². The van der Waals surface area contributed by atoms with Gasteiger partial charge in [0.15, 0.2) is 5.78 Å². The van der Waals surface area contributed by atoms with E-state index in [2.05, 4.69) is 35.4 Å². The molecular weight excluding hydrogens is 414 g/mol. The second kappa shape index (κ2) is 8.31. The Hall–Kier alpha value is -1.74. The third-order valence-electron chi connectivity index (χ3n) is 6.56. The summed E-state index contributed by atoms with van der Waals surface area (Å²) < 4.78 is 34.2. The van der Waals surface area contributed by atoms with E-state index in [0.717, 1.165) is 55.8 Å². The molecule has 1 aromatic carbocycles. The second-order valence-corrected chi connectivity index (χ2v) is 11.5. The quantitative estimate of drug-likeness (QED) is 0.710. The highest BCUT2D eigenvalue weighted by Gasteiger charge is 2.34. The number of H-pyrrole nitrogens is 1. The minimum atomic E-state index is -3.64. The number of sulfonamides is 1. The first kappa shape index (κ1) is 22.5. The van der Waals surface area contributed by atoms with Crippen LogP contribution in [-0.4, -0.2) is 63.0 Å². The average Bonchev–Trinajstić information content (AvgIpc) is 3.03. The van der Waals surface area contributed by atoms with Crippen molar-refractivity contribution in [1.29, 1.82) is 0 Å². The van der Waals surface area contributed by atoms with Crippen molar-refractivity contribution in [2.75, 3.05) is 32.8 Å². The second-order valence-electron chi connectivity index (χ2n) is 9.77. The molecule has 7 nitrogen and oxygen atoms in total. The van der Waals surface area contributed by atoms with E-state index in [9.17, 15) is 13.2 Å². The first-order valence-corrected chi connectivity index (χ1v) is 12.6. The molecular formula is C23H33N3O4S. The van der Waals surface area contributed by atoms with Gasteiger partial charge in [0.05, 0.1) is 18.1 Å². The molecule has 1 aliphatic heterocycles. The topological polar surface area (TPSA) is 91.5 Å². The number of fused-ring (bicyclic) bond motifs is 3. The molecule has 1 aromatic heterocycles. The van der Waals surface area contributed by atoms with Gasteiger partial charge in [0.2, 0.25) is 10.0 Å². The summed E-state index contributed by atoms with van der Waals surface area (Å²) in [5.41, 5.74) is 2.92. The van der Waals surface area contributed by atoms with E-state index in [-0.39, 0.29) is 16.1 Å². The van der Waals surface area contributed by atoms with Crippen LogP contribution < -0.4 is 4.72 Å². The van der Waals surface area contributed by atoms with Crippen LogP contribution >= 0.6 is 0 Å². The molecule has 2 N–H and O–H groups in total. The molecule has 0 radical (unpaired) electrons. The molecule has 0 bridgehead atoms. The van der Waals surface area contributed by atoms with Crippen molar-refractivity contribution >= 4 is 26.7 Å². The number of ether oxygens (including phenoxy) is 1. The monoisotopic (exact) mass is 447 g/mol. The maximum atomic E-state index is 13.0. The predicted molar refractivity (Wildman–Crippen MR) is 121 cm³/mol. The number of nitrogens with zero attached hydrogens (tertiary/aromatic N) is 1. The lowest BCUT2D eigenvalue weighted by Crippen LogP contribution is -2.43. The molecule has 0 unspecified atom stereocenters. The number of carbonyl (C=O) groups excluding carboxylic acids is 1. The van der Waals surface area contributed by atoms with Crippen LogP contribution in [0.15, 0.2) is 17.0 Å². The number of nitrogens with one attached hydrogen (secondary N) is 2. The first-order chi connectivity index (χ1) is 14.6. The number of rotatable bonds is 6. The smallest absolute Gasteiger partial charge is 0.240 e. The van der Waals surface area contributed by atoms with Crippen LogP contribution in [0.5, 0.6) is 0 Å². The Balaban J connectivity index is 1.53. The largest absolute Gasteiger partial charge is 0.379 e. The summed E-state index contributed by atoms with van der Waals surface area (Å²) in [6.07, 6.45) is 2.03. The van der Waals surface area contributed by atoms with Gasteiger partial charge in [-0.3, -0.25) is 9.69 Å². The maximum Gasteiger partial charge on any atom is 0.240 e. The number of carbonyl (C=O) groups is 1. The molecule has 0 saturated carbocycles. The number of aromatic amines is 1. The Bertz CT molecular complexity index is 1100. The van der Waals surface area contributed by atoms with Crippen LogP contribution in [0, 0.1) is 12.3 Å². The third-order valence-corrected chi connectivity index (χ3v) is 8.16. The van der Waals surface area contributed by atoms with Gasteiger partial charge < -0.3 is 9.72 Å². The van der Waals surface area contributed by atoms with Crippen molar-refractivity contribution in [2.45, 2.75) is 57.9 Å². The molecule has 2 heterocycles. The van der Waals surface area contributed by atoms with Gasteiger partial charge in [-0.05, 0) is 49.8 Å². The van der Waals surface area contributed by atoms with Crippen molar-refractivity contribution in [3.63, 3.8) is 0 Å². The van der Waals surface area contributed by atoms with Crippen molar-refractivity contribution in [1.82, 2.24) is 14.6 Å². The number of Topliss-reactive ketones (excluding diaryl/α,β-unsaturated/α-hetero) is 1. The number of morpholine rings is 1. The van der Waals surface area contributed by atoms with Crippen LogP contribution in [0.4, 0.5) is 0 Å². The standard InChI is InChI=1S/C23H33N3O4S/c1-15-11-17-18(25-19-13-23(3,4)14-20(27)22(17)19)12-21(15)31(28,29)24-6-5-16(2)26-7-9-30-10-8-26/h11-12,16,24-25H,5-10,13-14H2,1-4H3/t16-/m1/s1. The Kier molecular flexibility index (Phi) is 6.02. The summed E-state index contributed by atoms with van der Waals surface area (Å²) in [5.74, 6) is 0.128. The Morgan fingerprint density at radius 2 is 1.94 bits per heavy atom. The van der Waals surface area contributed by atoms with Crippen LogP contribution in [-0.2, 0) is 21.2 Å². The lowest BCUT2D eigenvalue weighted by atomic mass is 9.76. The number of hydrogen-bond acceptors (Lipinski definition) is 5. The van der Waals surface area contributed by atoms with Gasteiger partial charge in [-0.1, -0.05) is 13.8 Å². The SMILES string of the molecule is Cc1cc2c3c([nH]c2cc1S(=O)(=O)NCC[C@@H](C)N1CCOCC1)CC(C)(C)CC3=O. The van der Waals surface area contributed by atoms with Crippen molar-refractivity contribution in [2.24, 2.45) is 5.41 Å². The number of hydrogen-bond donors (Lipinski definition) is 2. The minimum Gasteiger partial charge on any atom is -0.379 e. The molecule has 8 heteroatoms. The fourth-order valence-corrected chi connectivity index (χ4v) is 6.17. The third kappa shape index (κ3) is 4.58.